The molecule has 0 saturated heterocycles. The van der Waals surface area contributed by atoms with Crippen molar-refractivity contribution in [3.63, 3.8) is 0 Å². The molecule has 0 fully saturated rings. The third kappa shape index (κ3) is 4.35. The fourth-order valence-electron chi connectivity index (χ4n) is 1.73. The summed E-state index contributed by atoms with van der Waals surface area (Å²) < 4.78 is 5.26. The van der Waals surface area contributed by atoms with Crippen molar-refractivity contribution < 1.29 is 29.6 Å². The SMILES string of the molecule is CC(Cc1ccc(C(=O)O)c(C(=O)O)c1)OCCO. The van der Waals surface area contributed by atoms with E-state index in [1.165, 1.54) is 12.1 Å². The predicted octanol–water partition coefficient (Wildman–Crippen LogP) is 1.02. The Bertz CT molecular complexity index is 468. The number of aliphatic hydroxyl groups is 1. The smallest absolute Gasteiger partial charge is 0.336 e. The van der Waals surface area contributed by atoms with E-state index in [2.05, 4.69) is 0 Å². The van der Waals surface area contributed by atoms with Crippen molar-refractivity contribution in [2.75, 3.05) is 13.2 Å². The Kier molecular flexibility index (Phi) is 5.47. The highest BCUT2D eigenvalue weighted by Gasteiger charge is 2.17. The Labute approximate surface area is 110 Å². The maximum Gasteiger partial charge on any atom is 0.336 e. The molecule has 0 aromatic heterocycles. The van der Waals surface area contributed by atoms with Gasteiger partial charge in [-0.15, -0.1) is 0 Å². The van der Waals surface area contributed by atoms with Crippen LogP contribution in [0.15, 0.2) is 18.2 Å². The summed E-state index contributed by atoms with van der Waals surface area (Å²) in [6, 6.07) is 4.18. The van der Waals surface area contributed by atoms with E-state index in [0.717, 1.165) is 0 Å². The Morgan fingerprint density at radius 1 is 1.21 bits per heavy atom. The van der Waals surface area contributed by atoms with Crippen LogP contribution in [0.5, 0.6) is 0 Å². The van der Waals surface area contributed by atoms with Gasteiger partial charge in [-0.3, -0.25) is 0 Å². The Hall–Kier alpha value is -1.92. The van der Waals surface area contributed by atoms with E-state index in [1.807, 2.05) is 0 Å². The summed E-state index contributed by atoms with van der Waals surface area (Å²) in [5.74, 6) is -2.54. The summed E-state index contributed by atoms with van der Waals surface area (Å²) in [5.41, 5.74) is 0.201. The molecule has 0 aliphatic rings. The molecule has 1 atom stereocenters. The van der Waals surface area contributed by atoms with Gasteiger partial charge in [0.15, 0.2) is 0 Å². The number of carboxylic acids is 2. The Morgan fingerprint density at radius 3 is 2.37 bits per heavy atom. The lowest BCUT2D eigenvalue weighted by atomic mass is 10.0. The first kappa shape index (κ1) is 15.1. The minimum absolute atomic E-state index is 0.0807. The molecule has 1 unspecified atom stereocenters. The minimum Gasteiger partial charge on any atom is -0.478 e. The van der Waals surface area contributed by atoms with Gasteiger partial charge in [0.25, 0.3) is 0 Å². The van der Waals surface area contributed by atoms with Crippen LogP contribution < -0.4 is 0 Å². The number of hydrogen-bond acceptors (Lipinski definition) is 4. The van der Waals surface area contributed by atoms with Crippen molar-refractivity contribution in [1.29, 1.82) is 0 Å². The molecule has 1 aromatic rings. The summed E-state index contributed by atoms with van der Waals surface area (Å²) in [4.78, 5) is 21.9. The van der Waals surface area contributed by atoms with Crippen LogP contribution in [0, 0.1) is 0 Å². The molecular formula is C13H16O6. The number of ether oxygens (including phenoxy) is 1. The highest BCUT2D eigenvalue weighted by atomic mass is 16.5. The van der Waals surface area contributed by atoms with E-state index in [1.54, 1.807) is 13.0 Å². The lowest BCUT2D eigenvalue weighted by Gasteiger charge is -2.13. The Morgan fingerprint density at radius 2 is 1.84 bits per heavy atom. The van der Waals surface area contributed by atoms with Gasteiger partial charge in [0.05, 0.1) is 30.4 Å². The fourth-order valence-corrected chi connectivity index (χ4v) is 1.73. The van der Waals surface area contributed by atoms with Gasteiger partial charge in [-0.2, -0.15) is 0 Å². The largest absolute Gasteiger partial charge is 0.478 e. The molecule has 0 aliphatic heterocycles. The fraction of sp³-hybridized carbons (Fsp3) is 0.385. The van der Waals surface area contributed by atoms with Crippen LogP contribution in [-0.4, -0.2) is 46.6 Å². The van der Waals surface area contributed by atoms with Crippen molar-refractivity contribution >= 4 is 11.9 Å². The molecule has 6 heteroatoms. The van der Waals surface area contributed by atoms with Crippen LogP contribution in [0.25, 0.3) is 0 Å². The van der Waals surface area contributed by atoms with Gasteiger partial charge in [0, 0.05) is 0 Å². The highest BCUT2D eigenvalue weighted by Crippen LogP contribution is 2.15. The third-order valence-electron chi connectivity index (χ3n) is 2.56. The molecule has 0 amide bonds. The van der Waals surface area contributed by atoms with Gasteiger partial charge in [-0.05, 0) is 31.0 Å². The first-order valence-corrected chi connectivity index (χ1v) is 5.77. The van der Waals surface area contributed by atoms with Crippen molar-refractivity contribution in [3.05, 3.63) is 34.9 Å². The number of aromatic carboxylic acids is 2. The molecule has 6 nitrogen and oxygen atoms in total. The number of carbonyl (C=O) groups is 2. The van der Waals surface area contributed by atoms with E-state index >= 15 is 0 Å². The maximum atomic E-state index is 11.0. The van der Waals surface area contributed by atoms with Crippen LogP contribution in [0.4, 0.5) is 0 Å². The first-order valence-electron chi connectivity index (χ1n) is 5.77. The van der Waals surface area contributed by atoms with E-state index in [4.69, 9.17) is 20.1 Å². The number of hydrogen-bond donors (Lipinski definition) is 3. The number of benzene rings is 1. The number of aliphatic hydroxyl groups excluding tert-OH is 1. The van der Waals surface area contributed by atoms with Crippen LogP contribution in [0.3, 0.4) is 0 Å². The van der Waals surface area contributed by atoms with E-state index < -0.39 is 11.9 Å². The summed E-state index contributed by atoms with van der Waals surface area (Å²) >= 11 is 0. The first-order chi connectivity index (χ1) is 8.95. The summed E-state index contributed by atoms with van der Waals surface area (Å²) in [6.45, 7) is 1.92. The van der Waals surface area contributed by atoms with Crippen LogP contribution in [0.1, 0.15) is 33.2 Å². The molecule has 1 aromatic carbocycles. The molecule has 0 bridgehead atoms. The quantitative estimate of drug-likeness (QED) is 0.682. The molecule has 0 radical (unpaired) electrons. The second-order valence-electron chi connectivity index (χ2n) is 4.10. The monoisotopic (exact) mass is 268 g/mol. The lowest BCUT2D eigenvalue weighted by Crippen LogP contribution is -2.15. The van der Waals surface area contributed by atoms with Crippen molar-refractivity contribution in [1.82, 2.24) is 0 Å². The van der Waals surface area contributed by atoms with Crippen LogP contribution in [0.2, 0.25) is 0 Å². The highest BCUT2D eigenvalue weighted by molar-refractivity contribution is 6.01. The summed E-state index contributed by atoms with van der Waals surface area (Å²) in [5, 5.41) is 26.5. The molecule has 104 valence electrons. The summed E-state index contributed by atoms with van der Waals surface area (Å²) in [6.07, 6.45) is 0.254. The molecule has 0 heterocycles. The van der Waals surface area contributed by atoms with Crippen LogP contribution in [-0.2, 0) is 11.2 Å². The zero-order valence-corrected chi connectivity index (χ0v) is 10.5. The normalized spacial score (nSPS) is 12.1. The molecular weight excluding hydrogens is 252 g/mol. The molecule has 0 spiro atoms. The van der Waals surface area contributed by atoms with Gasteiger partial charge in [0.2, 0.25) is 0 Å². The minimum atomic E-state index is -1.27. The van der Waals surface area contributed by atoms with Gasteiger partial charge in [0.1, 0.15) is 0 Å². The van der Waals surface area contributed by atoms with Crippen LogP contribution >= 0.6 is 0 Å². The Balaban J connectivity index is 2.90. The van der Waals surface area contributed by atoms with Crippen molar-refractivity contribution in [2.45, 2.75) is 19.4 Å². The van der Waals surface area contributed by atoms with E-state index in [0.29, 0.717) is 12.0 Å². The zero-order chi connectivity index (χ0) is 14.4. The molecule has 1 rings (SSSR count). The predicted molar refractivity (Wildman–Crippen MR) is 66.6 cm³/mol. The number of rotatable bonds is 7. The summed E-state index contributed by atoms with van der Waals surface area (Å²) in [7, 11) is 0. The van der Waals surface area contributed by atoms with E-state index in [-0.39, 0.29) is 30.4 Å². The third-order valence-corrected chi connectivity index (χ3v) is 2.56. The van der Waals surface area contributed by atoms with Gasteiger partial charge in [-0.25, -0.2) is 9.59 Å². The van der Waals surface area contributed by atoms with Crippen molar-refractivity contribution in [3.8, 4) is 0 Å². The second-order valence-corrected chi connectivity index (χ2v) is 4.10. The lowest BCUT2D eigenvalue weighted by molar-refractivity contribution is 0.0395. The van der Waals surface area contributed by atoms with Gasteiger partial charge in [-0.1, -0.05) is 6.07 Å². The van der Waals surface area contributed by atoms with E-state index in [9.17, 15) is 9.59 Å². The standard InChI is InChI=1S/C13H16O6/c1-8(19-5-4-14)6-9-2-3-10(12(15)16)11(7-9)13(17)18/h2-3,7-8,14H,4-6H2,1H3,(H,15,16)(H,17,18). The van der Waals surface area contributed by atoms with Gasteiger partial charge >= 0.3 is 11.9 Å². The molecule has 3 N–H and O–H groups in total. The second kappa shape index (κ2) is 6.86. The number of carboxylic acid groups (broad SMARTS) is 2. The van der Waals surface area contributed by atoms with Crippen molar-refractivity contribution in [2.24, 2.45) is 0 Å². The molecule has 0 aliphatic carbocycles. The average molecular weight is 268 g/mol. The molecule has 19 heavy (non-hydrogen) atoms. The molecule has 0 saturated carbocycles. The topological polar surface area (TPSA) is 104 Å². The van der Waals surface area contributed by atoms with Gasteiger partial charge < -0.3 is 20.1 Å². The average Bonchev–Trinajstić information content (AvgIpc) is 2.35. The zero-order valence-electron chi connectivity index (χ0n) is 10.5. The maximum absolute atomic E-state index is 11.0.